The molecule has 3 aromatic carbocycles. The number of imide groups is 1. The van der Waals surface area contributed by atoms with Crippen molar-refractivity contribution < 1.29 is 23.9 Å². The summed E-state index contributed by atoms with van der Waals surface area (Å²) in [6, 6.07) is 24.5. The first kappa shape index (κ1) is 31.9. The molecule has 1 saturated heterocycles. The Kier molecular flexibility index (Phi) is 9.58. The third-order valence-corrected chi connectivity index (χ3v) is 9.11. The number of methoxy groups -OCH3 is 2. The Morgan fingerprint density at radius 1 is 0.851 bits per heavy atom. The molecule has 1 aromatic heterocycles. The number of aryl methyl sites for hydroxylation is 1. The van der Waals surface area contributed by atoms with E-state index < -0.39 is 6.04 Å². The molecule has 4 aromatic rings. The van der Waals surface area contributed by atoms with Gasteiger partial charge in [0, 0.05) is 52.5 Å². The topological polar surface area (TPSA) is 96.4 Å². The van der Waals surface area contributed by atoms with Gasteiger partial charge in [-0.3, -0.25) is 24.2 Å². The van der Waals surface area contributed by atoms with Gasteiger partial charge in [0.1, 0.15) is 5.69 Å². The molecule has 0 aliphatic carbocycles. The third-order valence-electron chi connectivity index (χ3n) is 9.11. The van der Waals surface area contributed by atoms with Crippen molar-refractivity contribution in [3.05, 3.63) is 113 Å². The lowest BCUT2D eigenvalue weighted by atomic mass is 9.99. The molecule has 3 heterocycles. The van der Waals surface area contributed by atoms with Crippen LogP contribution in [-0.2, 0) is 13.6 Å². The van der Waals surface area contributed by atoms with Gasteiger partial charge in [-0.05, 0) is 60.4 Å². The van der Waals surface area contributed by atoms with Crippen molar-refractivity contribution in [3.8, 4) is 11.5 Å². The molecular weight excluding hydrogens is 594 g/mol. The normalized spacial score (nSPS) is 15.5. The Morgan fingerprint density at radius 2 is 1.62 bits per heavy atom. The maximum absolute atomic E-state index is 14.3. The van der Waals surface area contributed by atoms with E-state index in [-0.39, 0.29) is 17.7 Å². The number of hydrogen-bond acceptors (Lipinski definition) is 7. The number of fused-ring (bicyclic) bond motifs is 1. The summed E-state index contributed by atoms with van der Waals surface area (Å²) in [6.07, 6.45) is 2.81. The molecule has 10 nitrogen and oxygen atoms in total. The summed E-state index contributed by atoms with van der Waals surface area (Å²) in [5.41, 5.74) is 4.26. The number of carbonyl (C=O) groups is 3. The lowest BCUT2D eigenvalue weighted by Gasteiger charge is -2.36. The van der Waals surface area contributed by atoms with E-state index in [4.69, 9.17) is 9.47 Å². The van der Waals surface area contributed by atoms with Gasteiger partial charge in [-0.2, -0.15) is 0 Å². The average molecular weight is 636 g/mol. The molecule has 0 bridgehead atoms. The highest BCUT2D eigenvalue weighted by Crippen LogP contribution is 2.40. The molecule has 1 N–H and O–H groups in total. The summed E-state index contributed by atoms with van der Waals surface area (Å²) < 4.78 is 12.8. The maximum atomic E-state index is 14.3. The predicted octanol–water partition coefficient (Wildman–Crippen LogP) is 4.91. The highest BCUT2D eigenvalue weighted by molar-refractivity contribution is 6.24. The number of aromatic nitrogens is 1. The van der Waals surface area contributed by atoms with Crippen LogP contribution in [0, 0.1) is 0 Å². The number of nitrogens with zero attached hydrogens (tertiary/aromatic N) is 4. The van der Waals surface area contributed by atoms with Crippen LogP contribution >= 0.6 is 0 Å². The van der Waals surface area contributed by atoms with Gasteiger partial charge in [-0.1, -0.05) is 42.5 Å². The summed E-state index contributed by atoms with van der Waals surface area (Å²) in [7, 11) is 4.95. The Labute approximate surface area is 275 Å². The van der Waals surface area contributed by atoms with Gasteiger partial charge < -0.3 is 24.3 Å². The summed E-state index contributed by atoms with van der Waals surface area (Å²) in [6.45, 7) is 4.48. The predicted molar refractivity (Wildman–Crippen MR) is 180 cm³/mol. The summed E-state index contributed by atoms with van der Waals surface area (Å²) >= 11 is 0. The van der Waals surface area contributed by atoms with Crippen LogP contribution in [0.5, 0.6) is 11.5 Å². The highest BCUT2D eigenvalue weighted by Gasteiger charge is 2.43. The molecule has 0 spiro atoms. The number of nitrogens with one attached hydrogen (secondary N) is 1. The number of anilines is 1. The molecule has 6 rings (SSSR count). The van der Waals surface area contributed by atoms with Crippen molar-refractivity contribution in [3.63, 3.8) is 0 Å². The minimum Gasteiger partial charge on any atom is -0.493 e. The molecule has 0 saturated carbocycles. The largest absolute Gasteiger partial charge is 0.493 e. The third kappa shape index (κ3) is 6.59. The number of hydrogen-bond donors (Lipinski definition) is 1. The van der Waals surface area contributed by atoms with E-state index in [9.17, 15) is 14.4 Å². The zero-order chi connectivity index (χ0) is 32.9. The molecule has 3 amide bonds. The van der Waals surface area contributed by atoms with Crippen LogP contribution in [0.4, 0.5) is 5.69 Å². The minimum atomic E-state index is -0.579. The van der Waals surface area contributed by atoms with Crippen molar-refractivity contribution in [2.24, 2.45) is 7.05 Å². The van der Waals surface area contributed by atoms with Crippen LogP contribution in [0.25, 0.3) is 0 Å². The van der Waals surface area contributed by atoms with E-state index in [2.05, 4.69) is 39.4 Å². The van der Waals surface area contributed by atoms with Crippen LogP contribution in [0.1, 0.15) is 61.2 Å². The van der Waals surface area contributed by atoms with E-state index in [1.807, 2.05) is 49.6 Å². The van der Waals surface area contributed by atoms with Gasteiger partial charge in [0.25, 0.3) is 17.7 Å². The second-order valence-electron chi connectivity index (χ2n) is 12.0. The fraction of sp³-hybridized carbons (Fsp3) is 0.324. The van der Waals surface area contributed by atoms with Crippen molar-refractivity contribution in [1.29, 1.82) is 0 Å². The highest BCUT2D eigenvalue weighted by atomic mass is 16.5. The van der Waals surface area contributed by atoms with Crippen molar-refractivity contribution in [1.82, 2.24) is 19.7 Å². The minimum absolute atomic E-state index is 0.172. The number of benzene rings is 3. The van der Waals surface area contributed by atoms with Gasteiger partial charge in [0.2, 0.25) is 0 Å². The summed E-state index contributed by atoms with van der Waals surface area (Å²) in [5.74, 6) is 0.273. The monoisotopic (exact) mass is 635 g/mol. The molecule has 2 aliphatic rings. The van der Waals surface area contributed by atoms with Crippen LogP contribution < -0.4 is 19.7 Å². The molecule has 1 atom stereocenters. The second kappa shape index (κ2) is 14.1. The number of carbonyl (C=O) groups excluding carboxylic acids is 3. The zero-order valence-corrected chi connectivity index (χ0v) is 27.1. The lowest BCUT2D eigenvalue weighted by molar-refractivity contribution is 0.0570. The van der Waals surface area contributed by atoms with E-state index in [0.29, 0.717) is 47.7 Å². The fourth-order valence-electron chi connectivity index (χ4n) is 6.61. The van der Waals surface area contributed by atoms with Crippen molar-refractivity contribution >= 4 is 23.4 Å². The van der Waals surface area contributed by atoms with Crippen molar-refractivity contribution in [2.75, 3.05) is 51.8 Å². The molecule has 1 fully saturated rings. The quantitative estimate of drug-likeness (QED) is 0.175. The van der Waals surface area contributed by atoms with Crippen LogP contribution in [0.2, 0.25) is 0 Å². The molecule has 0 unspecified atom stereocenters. The Morgan fingerprint density at radius 3 is 2.32 bits per heavy atom. The molecule has 0 radical (unpaired) electrons. The number of ether oxygens (including phenoxy) is 2. The van der Waals surface area contributed by atoms with E-state index in [0.717, 1.165) is 44.0 Å². The molecular formula is C37H41N5O5. The lowest BCUT2D eigenvalue weighted by Crippen LogP contribution is -2.46. The van der Waals surface area contributed by atoms with E-state index >= 15 is 0 Å². The Hall–Kier alpha value is -5.09. The molecule has 244 valence electrons. The van der Waals surface area contributed by atoms with Gasteiger partial charge in [0.05, 0.1) is 37.1 Å². The van der Waals surface area contributed by atoms with Crippen LogP contribution in [-0.4, -0.2) is 79.0 Å². The first-order valence-electron chi connectivity index (χ1n) is 16.0. The second-order valence-corrected chi connectivity index (χ2v) is 12.0. The average Bonchev–Trinajstić information content (AvgIpc) is 3.65. The van der Waals surface area contributed by atoms with Gasteiger partial charge in [-0.15, -0.1) is 0 Å². The molecule has 47 heavy (non-hydrogen) atoms. The first-order valence-corrected chi connectivity index (χ1v) is 16.0. The summed E-state index contributed by atoms with van der Waals surface area (Å²) in [4.78, 5) is 47.2. The first-order chi connectivity index (χ1) is 22.9. The number of rotatable bonds is 12. The number of amides is 3. The smallest absolute Gasteiger partial charge is 0.267 e. The standard InChI is InChI=1S/C37H41N5O5/c1-39-19-9-15-31(39)35(43)38-18-8-14-29(27-16-17-32(46-2)33(24-27)47-3)42-36(44)28-12-7-13-30(34(28)37(42)45)41-22-20-40(21-23-41)25-26-10-5-4-6-11-26/h4-7,9-13,15-17,19,24,29H,8,14,18,20-23,25H2,1-3H3,(H,38,43)/t29-/m1/s1. The maximum Gasteiger partial charge on any atom is 0.267 e. The van der Waals surface area contributed by atoms with E-state index in [1.165, 1.54) is 10.5 Å². The van der Waals surface area contributed by atoms with Crippen LogP contribution in [0.3, 0.4) is 0 Å². The van der Waals surface area contributed by atoms with E-state index in [1.54, 1.807) is 37.0 Å². The Bertz CT molecular complexity index is 1750. The summed E-state index contributed by atoms with van der Waals surface area (Å²) in [5, 5.41) is 2.97. The SMILES string of the molecule is COc1ccc([C@@H](CCCNC(=O)c2cccn2C)N2C(=O)c3cccc(N4CCN(Cc5ccccc5)CC4)c3C2=O)cc1OC. The molecule has 2 aliphatic heterocycles. The fourth-order valence-corrected chi connectivity index (χ4v) is 6.61. The van der Waals surface area contributed by atoms with Gasteiger partial charge in [-0.25, -0.2) is 0 Å². The van der Waals surface area contributed by atoms with Gasteiger partial charge in [0.15, 0.2) is 11.5 Å². The number of piperazine rings is 1. The van der Waals surface area contributed by atoms with Crippen molar-refractivity contribution in [2.45, 2.75) is 25.4 Å². The van der Waals surface area contributed by atoms with Crippen LogP contribution in [0.15, 0.2) is 85.1 Å². The molecule has 10 heteroatoms. The Balaban J connectivity index is 1.22. The van der Waals surface area contributed by atoms with Gasteiger partial charge >= 0.3 is 0 Å². The zero-order valence-electron chi connectivity index (χ0n) is 27.1.